The van der Waals surface area contributed by atoms with Crippen LogP contribution in [0.5, 0.6) is 11.5 Å². The van der Waals surface area contributed by atoms with Gasteiger partial charge in [-0.2, -0.15) is 5.26 Å². The molecule has 1 atom stereocenters. The van der Waals surface area contributed by atoms with E-state index in [0.717, 1.165) is 18.7 Å². The Morgan fingerprint density at radius 3 is 2.23 bits per heavy atom. The van der Waals surface area contributed by atoms with Crippen LogP contribution in [0.1, 0.15) is 11.1 Å². The predicted molar refractivity (Wildman–Crippen MR) is 101 cm³/mol. The first-order chi connectivity index (χ1) is 12.4. The van der Waals surface area contributed by atoms with Gasteiger partial charge >= 0.3 is 0 Å². The third-order valence-corrected chi connectivity index (χ3v) is 4.30. The minimum absolute atomic E-state index is 0.232. The molecule has 2 aromatic rings. The fourth-order valence-electron chi connectivity index (χ4n) is 2.76. The van der Waals surface area contributed by atoms with Crippen LogP contribution in [-0.4, -0.2) is 56.6 Å². The molecular formula is C21H27N2O3+. The number of aliphatic hydroxyl groups is 1. The molecule has 0 saturated carbocycles. The molecule has 138 valence electrons. The lowest BCUT2D eigenvalue weighted by molar-refractivity contribution is -0.893. The number of nitriles is 1. The molecule has 5 nitrogen and oxygen atoms in total. The van der Waals surface area contributed by atoms with Gasteiger partial charge in [0.2, 0.25) is 0 Å². The van der Waals surface area contributed by atoms with Gasteiger partial charge in [-0.3, -0.25) is 0 Å². The van der Waals surface area contributed by atoms with E-state index in [9.17, 15) is 5.11 Å². The Morgan fingerprint density at radius 1 is 1.04 bits per heavy atom. The molecule has 1 N–H and O–H groups in total. The highest BCUT2D eigenvalue weighted by Crippen LogP contribution is 2.14. The van der Waals surface area contributed by atoms with Crippen molar-refractivity contribution in [3.63, 3.8) is 0 Å². The standard InChI is InChI=1S/C21H27N2O3/c1-23(2,13-12-17-4-8-20(25-3)9-5-17)15-19(24)16-26-21-10-6-18(14-22)7-11-21/h4-11,19,24H,12-13,15-16H2,1-3H3/q+1/t19-/m1/s1. The van der Waals surface area contributed by atoms with E-state index in [1.165, 1.54) is 5.56 Å². The van der Waals surface area contributed by atoms with E-state index >= 15 is 0 Å². The highest BCUT2D eigenvalue weighted by Gasteiger charge is 2.21. The van der Waals surface area contributed by atoms with Gasteiger partial charge in [-0.15, -0.1) is 0 Å². The van der Waals surface area contributed by atoms with Crippen molar-refractivity contribution >= 4 is 0 Å². The Hall–Kier alpha value is -2.55. The predicted octanol–water partition coefficient (Wildman–Crippen LogP) is 2.63. The van der Waals surface area contributed by atoms with Gasteiger partial charge < -0.3 is 19.1 Å². The summed E-state index contributed by atoms with van der Waals surface area (Å²) in [6.45, 7) is 1.75. The summed E-state index contributed by atoms with van der Waals surface area (Å²) >= 11 is 0. The lowest BCUT2D eigenvalue weighted by Gasteiger charge is -2.32. The van der Waals surface area contributed by atoms with Crippen LogP contribution in [0.15, 0.2) is 48.5 Å². The first kappa shape index (κ1) is 19.8. The van der Waals surface area contributed by atoms with Gasteiger partial charge in [0.1, 0.15) is 30.8 Å². The summed E-state index contributed by atoms with van der Waals surface area (Å²) in [7, 11) is 5.87. The molecule has 26 heavy (non-hydrogen) atoms. The fraction of sp³-hybridized carbons (Fsp3) is 0.381. The van der Waals surface area contributed by atoms with Crippen molar-refractivity contribution in [3.8, 4) is 17.6 Å². The quantitative estimate of drug-likeness (QED) is 0.703. The summed E-state index contributed by atoms with van der Waals surface area (Å²) in [6.07, 6.45) is 0.372. The SMILES string of the molecule is COc1ccc(CC[N+](C)(C)C[C@@H](O)COc2ccc(C#N)cc2)cc1. The highest BCUT2D eigenvalue weighted by molar-refractivity contribution is 5.34. The molecule has 0 aliphatic rings. The number of benzene rings is 2. The highest BCUT2D eigenvalue weighted by atomic mass is 16.5. The number of ether oxygens (including phenoxy) is 2. The zero-order valence-corrected chi connectivity index (χ0v) is 15.7. The first-order valence-electron chi connectivity index (χ1n) is 8.68. The molecular weight excluding hydrogens is 328 g/mol. The zero-order chi connectivity index (χ0) is 19.0. The van der Waals surface area contributed by atoms with E-state index in [1.54, 1.807) is 31.4 Å². The number of likely N-dealkylation sites (N-methyl/N-ethyl adjacent to an activating group) is 1. The van der Waals surface area contributed by atoms with Crippen LogP contribution in [0.2, 0.25) is 0 Å². The maximum atomic E-state index is 10.3. The number of aliphatic hydroxyl groups excluding tert-OH is 1. The van der Waals surface area contributed by atoms with E-state index in [0.29, 0.717) is 22.3 Å². The van der Waals surface area contributed by atoms with Crippen molar-refractivity contribution in [2.45, 2.75) is 12.5 Å². The number of rotatable bonds is 9. The molecule has 0 heterocycles. The monoisotopic (exact) mass is 355 g/mol. The number of methoxy groups -OCH3 is 1. The molecule has 0 bridgehead atoms. The maximum Gasteiger partial charge on any atom is 0.137 e. The van der Waals surface area contributed by atoms with E-state index in [4.69, 9.17) is 14.7 Å². The van der Waals surface area contributed by atoms with Gasteiger partial charge in [0.15, 0.2) is 0 Å². The number of hydrogen-bond acceptors (Lipinski definition) is 4. The molecule has 2 aromatic carbocycles. The van der Waals surface area contributed by atoms with Crippen molar-refractivity contribution in [2.75, 3.05) is 40.9 Å². The second kappa shape index (κ2) is 9.23. The Morgan fingerprint density at radius 2 is 1.65 bits per heavy atom. The fourth-order valence-corrected chi connectivity index (χ4v) is 2.76. The van der Waals surface area contributed by atoms with Crippen molar-refractivity contribution < 1.29 is 19.1 Å². The van der Waals surface area contributed by atoms with E-state index in [-0.39, 0.29) is 6.61 Å². The van der Waals surface area contributed by atoms with Crippen LogP contribution in [-0.2, 0) is 6.42 Å². The number of nitrogens with zero attached hydrogens (tertiary/aromatic N) is 2. The van der Waals surface area contributed by atoms with Crippen LogP contribution in [0.4, 0.5) is 0 Å². The van der Waals surface area contributed by atoms with Crippen LogP contribution >= 0.6 is 0 Å². The van der Waals surface area contributed by atoms with Crippen LogP contribution in [0, 0.1) is 11.3 Å². The van der Waals surface area contributed by atoms with Gasteiger partial charge in [-0.05, 0) is 42.0 Å². The summed E-state index contributed by atoms with van der Waals surface area (Å²) in [6, 6.07) is 17.1. The zero-order valence-electron chi connectivity index (χ0n) is 15.7. The average molecular weight is 355 g/mol. The summed E-state index contributed by atoms with van der Waals surface area (Å²) in [4.78, 5) is 0. The molecule has 0 amide bonds. The third kappa shape index (κ3) is 6.40. The number of hydrogen-bond donors (Lipinski definition) is 1. The minimum atomic E-state index is -0.559. The molecule has 2 rings (SSSR count). The normalized spacial score (nSPS) is 12.3. The molecule has 0 spiro atoms. The number of quaternary nitrogens is 1. The average Bonchev–Trinajstić information content (AvgIpc) is 2.65. The second-order valence-corrected chi connectivity index (χ2v) is 7.04. The Kier molecular flexibility index (Phi) is 7.02. The molecule has 0 fully saturated rings. The minimum Gasteiger partial charge on any atom is -0.497 e. The molecule has 0 aliphatic carbocycles. The molecule has 0 aromatic heterocycles. The summed E-state index contributed by atoms with van der Waals surface area (Å²) in [5.41, 5.74) is 1.84. The lowest BCUT2D eigenvalue weighted by Crippen LogP contribution is -2.48. The van der Waals surface area contributed by atoms with Crippen molar-refractivity contribution in [1.29, 1.82) is 5.26 Å². The molecule has 5 heteroatoms. The summed E-state index contributed by atoms with van der Waals surface area (Å²) < 4.78 is 11.5. The summed E-state index contributed by atoms with van der Waals surface area (Å²) in [5, 5.41) is 19.1. The molecule has 0 saturated heterocycles. The maximum absolute atomic E-state index is 10.3. The lowest BCUT2D eigenvalue weighted by atomic mass is 10.1. The molecule has 0 aliphatic heterocycles. The topological polar surface area (TPSA) is 62.5 Å². The first-order valence-corrected chi connectivity index (χ1v) is 8.68. The van der Waals surface area contributed by atoms with Crippen molar-refractivity contribution in [3.05, 3.63) is 59.7 Å². The van der Waals surface area contributed by atoms with Crippen molar-refractivity contribution in [1.82, 2.24) is 0 Å². The molecule has 0 unspecified atom stereocenters. The van der Waals surface area contributed by atoms with Gasteiger partial charge in [-0.25, -0.2) is 0 Å². The van der Waals surface area contributed by atoms with E-state index < -0.39 is 6.10 Å². The summed E-state index contributed by atoms with van der Waals surface area (Å²) in [5.74, 6) is 1.52. The van der Waals surface area contributed by atoms with Gasteiger partial charge in [-0.1, -0.05) is 12.1 Å². The largest absolute Gasteiger partial charge is 0.497 e. The second-order valence-electron chi connectivity index (χ2n) is 7.04. The van der Waals surface area contributed by atoms with Crippen molar-refractivity contribution in [2.24, 2.45) is 0 Å². The smallest absolute Gasteiger partial charge is 0.137 e. The van der Waals surface area contributed by atoms with Crippen LogP contribution in [0.3, 0.4) is 0 Å². The Bertz CT molecular complexity index is 718. The van der Waals surface area contributed by atoms with Crippen LogP contribution < -0.4 is 9.47 Å². The van der Waals surface area contributed by atoms with E-state index in [1.807, 2.05) is 12.1 Å². The van der Waals surface area contributed by atoms with E-state index in [2.05, 4.69) is 32.3 Å². The van der Waals surface area contributed by atoms with Gasteiger partial charge in [0, 0.05) is 6.42 Å². The van der Waals surface area contributed by atoms with Gasteiger partial charge in [0.25, 0.3) is 0 Å². The van der Waals surface area contributed by atoms with Crippen LogP contribution in [0.25, 0.3) is 0 Å². The Labute approximate surface area is 155 Å². The van der Waals surface area contributed by atoms with Gasteiger partial charge in [0.05, 0.1) is 39.4 Å². The third-order valence-electron chi connectivity index (χ3n) is 4.30. The Balaban J connectivity index is 1.78. The molecule has 0 radical (unpaired) electrons.